The molecular weight excluding hydrogens is 767 g/mol. The molecule has 12 aromatic rings. The first kappa shape index (κ1) is 36.4. The average molecular weight is 806 g/mol. The number of anilines is 3. The maximum absolute atomic E-state index is 6.47. The summed E-state index contributed by atoms with van der Waals surface area (Å²) in [7, 11) is 0. The van der Waals surface area contributed by atoms with E-state index < -0.39 is 0 Å². The molecular formula is C59H39N3O. The van der Waals surface area contributed by atoms with Crippen LogP contribution in [-0.2, 0) is 0 Å². The van der Waals surface area contributed by atoms with Crippen LogP contribution < -0.4 is 4.90 Å². The zero-order valence-corrected chi connectivity index (χ0v) is 34.3. The Morgan fingerprint density at radius 2 is 0.984 bits per heavy atom. The fourth-order valence-electron chi connectivity index (χ4n) is 9.29. The summed E-state index contributed by atoms with van der Waals surface area (Å²) in [6, 6.07) is 84.2. The Bertz CT molecular complexity index is 3610. The van der Waals surface area contributed by atoms with Gasteiger partial charge in [0.15, 0.2) is 5.58 Å². The molecule has 2 heterocycles. The van der Waals surface area contributed by atoms with Crippen LogP contribution in [0, 0.1) is 0 Å². The van der Waals surface area contributed by atoms with Crippen LogP contribution in [-0.4, -0.2) is 9.55 Å². The summed E-state index contributed by atoms with van der Waals surface area (Å²) in [5.41, 5.74) is 16.0. The first-order valence-electron chi connectivity index (χ1n) is 21.4. The molecule has 0 spiro atoms. The van der Waals surface area contributed by atoms with Crippen LogP contribution in [0.5, 0.6) is 0 Å². The first-order valence-corrected chi connectivity index (χ1v) is 21.4. The minimum absolute atomic E-state index is 0.617. The van der Waals surface area contributed by atoms with Gasteiger partial charge in [-0.3, -0.25) is 0 Å². The highest BCUT2D eigenvalue weighted by molar-refractivity contribution is 6.19. The molecule has 0 aliphatic heterocycles. The van der Waals surface area contributed by atoms with Crippen LogP contribution in [0.25, 0.3) is 94.2 Å². The highest BCUT2D eigenvalue weighted by Gasteiger charge is 2.21. The van der Waals surface area contributed by atoms with Gasteiger partial charge >= 0.3 is 0 Å². The van der Waals surface area contributed by atoms with Gasteiger partial charge in [-0.1, -0.05) is 164 Å². The monoisotopic (exact) mass is 805 g/mol. The third kappa shape index (κ3) is 6.36. The van der Waals surface area contributed by atoms with Crippen molar-refractivity contribution in [2.75, 3.05) is 4.90 Å². The lowest BCUT2D eigenvalue weighted by Gasteiger charge is -2.26. The number of fused-ring (bicyclic) bond motifs is 6. The molecule has 0 amide bonds. The Morgan fingerprint density at radius 1 is 0.381 bits per heavy atom. The molecule has 10 aromatic carbocycles. The van der Waals surface area contributed by atoms with E-state index in [1.165, 1.54) is 43.8 Å². The van der Waals surface area contributed by atoms with E-state index >= 15 is 0 Å². The number of hydrogen-bond donors (Lipinski definition) is 0. The van der Waals surface area contributed by atoms with E-state index in [9.17, 15) is 0 Å². The molecule has 0 radical (unpaired) electrons. The van der Waals surface area contributed by atoms with Crippen molar-refractivity contribution in [3.05, 3.63) is 237 Å². The van der Waals surface area contributed by atoms with Gasteiger partial charge in [0.2, 0.25) is 5.89 Å². The smallest absolute Gasteiger partial charge is 0.227 e. The largest absolute Gasteiger partial charge is 0.435 e. The van der Waals surface area contributed by atoms with E-state index in [-0.39, 0.29) is 0 Å². The minimum atomic E-state index is 0.617. The Kier molecular flexibility index (Phi) is 8.79. The van der Waals surface area contributed by atoms with Crippen molar-refractivity contribution in [2.45, 2.75) is 0 Å². The fourth-order valence-corrected chi connectivity index (χ4v) is 9.29. The highest BCUT2D eigenvalue weighted by Crippen LogP contribution is 2.44. The summed E-state index contributed by atoms with van der Waals surface area (Å²) in [5.74, 6) is 0.617. The summed E-state index contributed by atoms with van der Waals surface area (Å²) in [6.07, 6.45) is 0. The van der Waals surface area contributed by atoms with Gasteiger partial charge in [0, 0.05) is 50.0 Å². The molecule has 12 rings (SSSR count). The van der Waals surface area contributed by atoms with Crippen LogP contribution in [0.15, 0.2) is 241 Å². The van der Waals surface area contributed by atoms with Crippen molar-refractivity contribution in [3.8, 4) is 50.5 Å². The maximum atomic E-state index is 6.47. The lowest BCUT2D eigenvalue weighted by molar-refractivity contribution is 0.621. The van der Waals surface area contributed by atoms with E-state index in [0.717, 1.165) is 61.6 Å². The topological polar surface area (TPSA) is 34.2 Å². The summed E-state index contributed by atoms with van der Waals surface area (Å²) in [6.45, 7) is 0. The van der Waals surface area contributed by atoms with Crippen LogP contribution in [0.4, 0.5) is 17.1 Å². The van der Waals surface area contributed by atoms with E-state index in [0.29, 0.717) is 5.89 Å². The van der Waals surface area contributed by atoms with Gasteiger partial charge in [-0.05, 0) is 106 Å². The van der Waals surface area contributed by atoms with Crippen molar-refractivity contribution in [2.24, 2.45) is 0 Å². The lowest BCUT2D eigenvalue weighted by atomic mass is 9.94. The number of benzene rings is 10. The number of hydrogen-bond acceptors (Lipinski definition) is 3. The molecule has 0 unspecified atom stereocenters. The molecule has 2 aromatic heterocycles. The predicted molar refractivity (Wildman–Crippen MR) is 262 cm³/mol. The van der Waals surface area contributed by atoms with E-state index in [4.69, 9.17) is 9.40 Å². The number of para-hydroxylation sites is 2. The lowest BCUT2D eigenvalue weighted by Crippen LogP contribution is -2.10. The summed E-state index contributed by atoms with van der Waals surface area (Å²) in [5, 5.41) is 4.85. The number of aromatic nitrogens is 2. The van der Waals surface area contributed by atoms with E-state index in [1.54, 1.807) is 0 Å². The van der Waals surface area contributed by atoms with E-state index in [2.05, 4.69) is 210 Å². The zero-order chi connectivity index (χ0) is 41.7. The van der Waals surface area contributed by atoms with Gasteiger partial charge in [-0.25, -0.2) is 4.98 Å². The number of rotatable bonds is 8. The van der Waals surface area contributed by atoms with Crippen molar-refractivity contribution in [1.82, 2.24) is 9.55 Å². The molecule has 4 nitrogen and oxygen atoms in total. The second kappa shape index (κ2) is 15.2. The molecule has 0 saturated heterocycles. The summed E-state index contributed by atoms with van der Waals surface area (Å²) in [4.78, 5) is 7.24. The highest BCUT2D eigenvalue weighted by atomic mass is 16.3. The third-order valence-electron chi connectivity index (χ3n) is 12.2. The quantitative estimate of drug-likeness (QED) is 0.153. The third-order valence-corrected chi connectivity index (χ3v) is 12.2. The van der Waals surface area contributed by atoms with Crippen LogP contribution in [0.3, 0.4) is 0 Å². The number of oxazole rings is 1. The molecule has 0 N–H and O–H groups in total. The maximum Gasteiger partial charge on any atom is 0.227 e. The van der Waals surface area contributed by atoms with Crippen molar-refractivity contribution in [1.29, 1.82) is 0 Å². The predicted octanol–water partition coefficient (Wildman–Crippen LogP) is 16.2. The molecule has 4 heteroatoms. The van der Waals surface area contributed by atoms with Crippen molar-refractivity contribution >= 4 is 60.7 Å². The molecule has 0 fully saturated rings. The van der Waals surface area contributed by atoms with E-state index in [1.807, 2.05) is 36.4 Å². The molecule has 0 aliphatic rings. The van der Waals surface area contributed by atoms with Gasteiger partial charge in [0.25, 0.3) is 0 Å². The van der Waals surface area contributed by atoms with Gasteiger partial charge in [-0.2, -0.15) is 0 Å². The van der Waals surface area contributed by atoms with Gasteiger partial charge < -0.3 is 13.9 Å². The SMILES string of the molecule is c1ccc(-c2nc3cccc(-c4ccc(N(c5cccc(-c6ccccc6-c6ccccc6)c5)c5ccc6c(c5)c5ccc7ccccc7c5n6-c5ccccc5)cc4)c3o2)cc1. The minimum Gasteiger partial charge on any atom is -0.435 e. The van der Waals surface area contributed by atoms with Crippen LogP contribution >= 0.6 is 0 Å². The first-order chi connectivity index (χ1) is 31.2. The van der Waals surface area contributed by atoms with Crippen LogP contribution in [0.1, 0.15) is 0 Å². The Morgan fingerprint density at radius 3 is 1.78 bits per heavy atom. The standard InChI is InChI=1S/C59H39N3O/c1-4-16-40(17-5-1)49-25-12-13-26-50(49)44-21-14-24-47(38-44)61(46-33-30-42(31-34-46)52-28-15-29-55-58(52)63-59(60-55)43-19-6-2-7-20-43)48-35-37-56-54(39-48)53-36-32-41-18-10-11-27-51(41)57(53)62(56)45-22-8-3-9-23-45/h1-39H. The van der Waals surface area contributed by atoms with Crippen molar-refractivity contribution in [3.63, 3.8) is 0 Å². The molecule has 296 valence electrons. The number of nitrogens with zero attached hydrogens (tertiary/aromatic N) is 3. The van der Waals surface area contributed by atoms with Gasteiger partial charge in [0.1, 0.15) is 5.52 Å². The zero-order valence-electron chi connectivity index (χ0n) is 34.3. The van der Waals surface area contributed by atoms with Crippen LogP contribution in [0.2, 0.25) is 0 Å². The molecule has 0 bridgehead atoms. The average Bonchev–Trinajstić information content (AvgIpc) is 3.95. The molecule has 0 atom stereocenters. The molecule has 0 saturated carbocycles. The Labute approximate surface area is 365 Å². The Hall–Kier alpha value is -8.47. The van der Waals surface area contributed by atoms with Crippen molar-refractivity contribution < 1.29 is 4.42 Å². The second-order valence-electron chi connectivity index (χ2n) is 15.9. The normalized spacial score (nSPS) is 11.5. The summed E-state index contributed by atoms with van der Waals surface area (Å²) < 4.78 is 8.89. The molecule has 63 heavy (non-hydrogen) atoms. The second-order valence-corrected chi connectivity index (χ2v) is 15.9. The van der Waals surface area contributed by atoms with Gasteiger partial charge in [0.05, 0.1) is 11.0 Å². The molecule has 0 aliphatic carbocycles. The fraction of sp³-hybridized carbons (Fsp3) is 0. The summed E-state index contributed by atoms with van der Waals surface area (Å²) >= 11 is 0. The van der Waals surface area contributed by atoms with Gasteiger partial charge in [-0.15, -0.1) is 0 Å². The Balaban J connectivity index is 1.04.